The maximum absolute atomic E-state index is 5.42. The zero-order valence-corrected chi connectivity index (χ0v) is 5.59. The van der Waals surface area contributed by atoms with E-state index in [9.17, 15) is 0 Å². The van der Waals surface area contributed by atoms with Crippen LogP contribution in [0.5, 0.6) is 0 Å². The van der Waals surface area contributed by atoms with Gasteiger partial charge in [-0.3, -0.25) is 0 Å². The fraction of sp³-hybridized carbons (Fsp3) is 0.375. The van der Waals surface area contributed by atoms with Gasteiger partial charge in [0.2, 0.25) is 0 Å². The Morgan fingerprint density at radius 1 is 1.78 bits per heavy atom. The van der Waals surface area contributed by atoms with Crippen molar-refractivity contribution in [1.29, 1.82) is 0 Å². The van der Waals surface area contributed by atoms with E-state index in [0.29, 0.717) is 12.5 Å². The minimum Gasteiger partial charge on any atom is -0.330 e. The van der Waals surface area contributed by atoms with Crippen LogP contribution in [0, 0.1) is 5.92 Å². The van der Waals surface area contributed by atoms with E-state index >= 15 is 0 Å². The molecule has 0 saturated carbocycles. The monoisotopic (exact) mass is 121 g/mol. The summed E-state index contributed by atoms with van der Waals surface area (Å²) in [6.45, 7) is 2.72. The molecule has 48 valence electrons. The summed E-state index contributed by atoms with van der Waals surface area (Å²) in [5.74, 6) is 0.411. The molecule has 9 heavy (non-hydrogen) atoms. The molecule has 0 amide bonds. The van der Waals surface area contributed by atoms with Gasteiger partial charge < -0.3 is 5.73 Å². The summed E-state index contributed by atoms with van der Waals surface area (Å²) >= 11 is 0. The lowest BCUT2D eigenvalue weighted by atomic mass is 10.0. The van der Waals surface area contributed by atoms with Gasteiger partial charge in [-0.25, -0.2) is 0 Å². The molecule has 2 N–H and O–H groups in total. The van der Waals surface area contributed by atoms with Crippen molar-refractivity contribution in [3.05, 3.63) is 29.5 Å². The lowest BCUT2D eigenvalue weighted by Gasteiger charge is -2.03. The molecule has 1 unspecified atom stereocenters. The molecule has 1 atom stereocenters. The smallest absolute Gasteiger partial charge is 0.0149 e. The van der Waals surface area contributed by atoms with E-state index in [1.54, 1.807) is 0 Å². The van der Waals surface area contributed by atoms with Crippen LogP contribution < -0.4 is 5.73 Å². The standard InChI is InChI=1S/C8H11N/c1-7-2-4-8(6-9)5-3-7/h2,4-5,8H,6,9H2,1H3. The van der Waals surface area contributed by atoms with Gasteiger partial charge in [0, 0.05) is 12.5 Å². The third kappa shape index (κ3) is 1.56. The predicted molar refractivity (Wildman–Crippen MR) is 39.0 cm³/mol. The summed E-state index contributed by atoms with van der Waals surface area (Å²) in [4.78, 5) is 0. The van der Waals surface area contributed by atoms with Gasteiger partial charge in [0.1, 0.15) is 0 Å². The molecular formula is C8H11N. The third-order valence-electron chi connectivity index (χ3n) is 1.39. The topological polar surface area (TPSA) is 26.0 Å². The van der Waals surface area contributed by atoms with Crippen LogP contribution in [0.4, 0.5) is 0 Å². The van der Waals surface area contributed by atoms with Crippen molar-refractivity contribution < 1.29 is 0 Å². The summed E-state index contributed by atoms with van der Waals surface area (Å²) in [7, 11) is 0. The average Bonchev–Trinajstić information content (AvgIpc) is 1.90. The van der Waals surface area contributed by atoms with Crippen LogP contribution >= 0.6 is 0 Å². The van der Waals surface area contributed by atoms with Crippen molar-refractivity contribution in [3.63, 3.8) is 0 Å². The summed E-state index contributed by atoms with van der Waals surface area (Å²) in [5, 5.41) is 0. The molecular weight excluding hydrogens is 110 g/mol. The Morgan fingerprint density at radius 3 is 3.00 bits per heavy atom. The summed E-state index contributed by atoms with van der Waals surface area (Å²) in [6.07, 6.45) is 6.17. The first-order chi connectivity index (χ1) is 4.33. The highest BCUT2D eigenvalue weighted by Crippen LogP contribution is 2.06. The number of hydrogen-bond donors (Lipinski definition) is 1. The largest absolute Gasteiger partial charge is 0.330 e. The first-order valence-electron chi connectivity index (χ1n) is 3.14. The first kappa shape index (κ1) is 6.34. The molecule has 1 heteroatoms. The van der Waals surface area contributed by atoms with Crippen molar-refractivity contribution >= 4 is 0 Å². The molecule has 0 aromatic heterocycles. The average molecular weight is 121 g/mol. The van der Waals surface area contributed by atoms with E-state index in [1.165, 1.54) is 5.57 Å². The van der Waals surface area contributed by atoms with Gasteiger partial charge in [0.25, 0.3) is 0 Å². The van der Waals surface area contributed by atoms with Crippen LogP contribution in [0.25, 0.3) is 0 Å². The van der Waals surface area contributed by atoms with Crippen molar-refractivity contribution in [2.45, 2.75) is 6.92 Å². The van der Waals surface area contributed by atoms with Crippen molar-refractivity contribution in [1.82, 2.24) is 0 Å². The second-order valence-electron chi connectivity index (χ2n) is 2.25. The molecule has 0 fully saturated rings. The van der Waals surface area contributed by atoms with Crippen LogP contribution in [-0.2, 0) is 0 Å². The Labute approximate surface area is 55.6 Å². The normalized spacial score (nSPS) is 24.2. The third-order valence-corrected chi connectivity index (χ3v) is 1.39. The molecule has 1 aliphatic rings. The zero-order chi connectivity index (χ0) is 6.69. The molecule has 0 radical (unpaired) electrons. The highest BCUT2D eigenvalue weighted by molar-refractivity contribution is 5.22. The van der Waals surface area contributed by atoms with E-state index in [2.05, 4.69) is 17.9 Å². The van der Waals surface area contributed by atoms with Crippen molar-refractivity contribution in [2.24, 2.45) is 11.7 Å². The molecule has 1 rings (SSSR count). The number of rotatable bonds is 1. The Balaban J connectivity index is 2.72. The Kier molecular flexibility index (Phi) is 1.88. The fourth-order valence-corrected chi connectivity index (χ4v) is 0.757. The second-order valence-corrected chi connectivity index (χ2v) is 2.25. The van der Waals surface area contributed by atoms with Crippen LogP contribution in [0.3, 0.4) is 0 Å². The number of hydrogen-bond acceptors (Lipinski definition) is 1. The lowest BCUT2D eigenvalue weighted by molar-refractivity contribution is 0.816. The zero-order valence-electron chi connectivity index (χ0n) is 5.59. The highest BCUT2D eigenvalue weighted by Gasteiger charge is 1.97. The van der Waals surface area contributed by atoms with Crippen LogP contribution in [0.1, 0.15) is 6.92 Å². The first-order valence-corrected chi connectivity index (χ1v) is 3.14. The van der Waals surface area contributed by atoms with Gasteiger partial charge in [0.05, 0.1) is 0 Å². The second kappa shape index (κ2) is 2.67. The Hall–Kier alpha value is -0.780. The molecule has 0 aliphatic heterocycles. The SMILES string of the molecule is CC1=C=CC(CN)C=C1. The molecule has 0 aromatic rings. The van der Waals surface area contributed by atoms with Crippen LogP contribution in [0.2, 0.25) is 0 Å². The van der Waals surface area contributed by atoms with Gasteiger partial charge in [-0.05, 0) is 18.6 Å². The van der Waals surface area contributed by atoms with Gasteiger partial charge >= 0.3 is 0 Å². The summed E-state index contributed by atoms with van der Waals surface area (Å²) in [5.41, 5.74) is 9.71. The van der Waals surface area contributed by atoms with Gasteiger partial charge in [-0.15, -0.1) is 5.73 Å². The Bertz CT molecular complexity index is 183. The predicted octanol–water partition coefficient (Wildman–Crippen LogP) is 1.23. The molecule has 1 aliphatic carbocycles. The van der Waals surface area contributed by atoms with E-state index < -0.39 is 0 Å². The van der Waals surface area contributed by atoms with Gasteiger partial charge in [-0.1, -0.05) is 12.2 Å². The molecule has 1 nitrogen and oxygen atoms in total. The Morgan fingerprint density at radius 2 is 2.56 bits per heavy atom. The van der Waals surface area contributed by atoms with E-state index in [-0.39, 0.29) is 0 Å². The molecule has 0 spiro atoms. The molecule has 0 aromatic carbocycles. The molecule has 0 heterocycles. The summed E-state index contributed by atoms with van der Waals surface area (Å²) in [6, 6.07) is 0. The minimum atomic E-state index is 0.411. The fourth-order valence-electron chi connectivity index (χ4n) is 0.757. The highest BCUT2D eigenvalue weighted by atomic mass is 14.5. The van der Waals surface area contributed by atoms with E-state index in [1.807, 2.05) is 13.0 Å². The molecule has 0 bridgehead atoms. The van der Waals surface area contributed by atoms with Crippen molar-refractivity contribution in [3.8, 4) is 0 Å². The quantitative estimate of drug-likeness (QED) is 0.519. The maximum Gasteiger partial charge on any atom is 0.0149 e. The van der Waals surface area contributed by atoms with Crippen LogP contribution in [0.15, 0.2) is 29.5 Å². The van der Waals surface area contributed by atoms with Crippen LogP contribution in [-0.4, -0.2) is 6.54 Å². The van der Waals surface area contributed by atoms with E-state index in [0.717, 1.165) is 0 Å². The van der Waals surface area contributed by atoms with E-state index in [4.69, 9.17) is 5.73 Å². The maximum atomic E-state index is 5.42. The lowest BCUT2D eigenvalue weighted by Crippen LogP contribution is -2.09. The minimum absolute atomic E-state index is 0.411. The van der Waals surface area contributed by atoms with Gasteiger partial charge in [-0.2, -0.15) is 0 Å². The summed E-state index contributed by atoms with van der Waals surface area (Å²) < 4.78 is 0. The number of nitrogens with two attached hydrogens (primary N) is 1. The van der Waals surface area contributed by atoms with Crippen molar-refractivity contribution in [2.75, 3.05) is 6.54 Å². The number of allylic oxidation sites excluding steroid dienone is 1. The van der Waals surface area contributed by atoms with Gasteiger partial charge in [0.15, 0.2) is 0 Å². The molecule has 0 saturated heterocycles.